The minimum Gasteiger partial charge on any atom is -0.491 e. The van der Waals surface area contributed by atoms with Crippen molar-refractivity contribution in [2.45, 2.75) is 20.8 Å². The summed E-state index contributed by atoms with van der Waals surface area (Å²) in [5.74, 6) is 0.519. The molecule has 2 aromatic rings. The summed E-state index contributed by atoms with van der Waals surface area (Å²) in [5, 5.41) is 0.333. The highest BCUT2D eigenvalue weighted by molar-refractivity contribution is 6.31. The van der Waals surface area contributed by atoms with Crippen LogP contribution >= 0.6 is 11.6 Å². The van der Waals surface area contributed by atoms with Crippen LogP contribution in [0.25, 0.3) is 11.3 Å². The summed E-state index contributed by atoms with van der Waals surface area (Å²) in [6, 6.07) is 4.24. The molecule has 1 aromatic heterocycles. The second-order valence-corrected chi connectivity index (χ2v) is 4.66. The average molecular weight is 263 g/mol. The Labute approximate surface area is 112 Å². The van der Waals surface area contributed by atoms with Crippen LogP contribution in [0.5, 0.6) is 5.75 Å². The lowest BCUT2D eigenvalue weighted by Crippen LogP contribution is -1.97. The number of aryl methyl sites for hydroxylation is 3. The summed E-state index contributed by atoms with van der Waals surface area (Å²) in [7, 11) is 1.57. The normalized spacial score (nSPS) is 10.5. The number of hydrogen-bond acceptors (Lipinski definition) is 3. The Balaban J connectivity index is 2.69. The summed E-state index contributed by atoms with van der Waals surface area (Å²) in [6.07, 6.45) is 1.45. The molecule has 0 unspecified atom stereocenters. The van der Waals surface area contributed by atoms with Gasteiger partial charge in [-0.25, -0.2) is 9.97 Å². The van der Waals surface area contributed by atoms with Crippen molar-refractivity contribution in [1.29, 1.82) is 0 Å². The van der Waals surface area contributed by atoms with E-state index < -0.39 is 0 Å². The van der Waals surface area contributed by atoms with Gasteiger partial charge in [0.15, 0.2) is 10.9 Å². The highest BCUT2D eigenvalue weighted by Gasteiger charge is 2.14. The maximum absolute atomic E-state index is 6.03. The second-order valence-electron chi connectivity index (χ2n) is 4.30. The van der Waals surface area contributed by atoms with Crippen LogP contribution in [0.15, 0.2) is 18.5 Å². The first-order chi connectivity index (χ1) is 8.54. The molecular weight excluding hydrogens is 248 g/mol. The van der Waals surface area contributed by atoms with Crippen LogP contribution < -0.4 is 4.74 Å². The summed E-state index contributed by atoms with van der Waals surface area (Å²) in [4.78, 5) is 8.23. The third-order valence-electron chi connectivity index (χ3n) is 3.06. The molecule has 0 aliphatic heterocycles. The highest BCUT2D eigenvalue weighted by atomic mass is 35.5. The first-order valence-electron chi connectivity index (χ1n) is 5.67. The van der Waals surface area contributed by atoms with Crippen molar-refractivity contribution < 1.29 is 4.74 Å². The maximum Gasteiger partial charge on any atom is 0.182 e. The van der Waals surface area contributed by atoms with Gasteiger partial charge in [0.05, 0.1) is 7.11 Å². The van der Waals surface area contributed by atoms with Crippen molar-refractivity contribution in [2.75, 3.05) is 7.11 Å². The molecule has 0 aliphatic rings. The largest absolute Gasteiger partial charge is 0.491 e. The minimum absolute atomic E-state index is 0.333. The van der Waals surface area contributed by atoms with Crippen LogP contribution in [0.1, 0.15) is 16.7 Å². The molecule has 0 fully saturated rings. The van der Waals surface area contributed by atoms with Gasteiger partial charge in [0, 0.05) is 5.56 Å². The van der Waals surface area contributed by atoms with Gasteiger partial charge in [-0.05, 0) is 43.5 Å². The number of hydrogen-bond donors (Lipinski definition) is 0. The van der Waals surface area contributed by atoms with E-state index in [1.54, 1.807) is 7.11 Å². The van der Waals surface area contributed by atoms with Crippen LogP contribution in [0, 0.1) is 20.8 Å². The zero-order chi connectivity index (χ0) is 13.3. The Kier molecular flexibility index (Phi) is 3.53. The molecule has 1 aromatic carbocycles. The van der Waals surface area contributed by atoms with E-state index in [4.69, 9.17) is 16.3 Å². The molecule has 0 bridgehead atoms. The molecule has 94 valence electrons. The zero-order valence-electron chi connectivity index (χ0n) is 10.9. The van der Waals surface area contributed by atoms with Crippen molar-refractivity contribution in [2.24, 2.45) is 0 Å². The summed E-state index contributed by atoms with van der Waals surface area (Å²) < 4.78 is 5.30. The average Bonchev–Trinajstić information content (AvgIpc) is 2.33. The monoisotopic (exact) mass is 262 g/mol. The third-order valence-corrected chi connectivity index (χ3v) is 3.33. The Morgan fingerprint density at radius 1 is 1.00 bits per heavy atom. The van der Waals surface area contributed by atoms with E-state index in [1.165, 1.54) is 17.5 Å². The van der Waals surface area contributed by atoms with Gasteiger partial charge in [-0.2, -0.15) is 0 Å². The van der Waals surface area contributed by atoms with Crippen molar-refractivity contribution in [1.82, 2.24) is 9.97 Å². The van der Waals surface area contributed by atoms with Crippen LogP contribution in [0.4, 0.5) is 0 Å². The van der Waals surface area contributed by atoms with Gasteiger partial charge in [0.1, 0.15) is 12.0 Å². The van der Waals surface area contributed by atoms with Crippen LogP contribution in [-0.4, -0.2) is 17.1 Å². The third kappa shape index (κ3) is 2.18. The Bertz CT molecular complexity index is 597. The molecular formula is C14H15ClN2O. The van der Waals surface area contributed by atoms with Gasteiger partial charge in [-0.3, -0.25) is 0 Å². The SMILES string of the molecule is COc1c(Cl)ncnc1-c1cc(C)c(C)cc1C. The molecule has 1 heterocycles. The molecule has 2 rings (SSSR count). The smallest absolute Gasteiger partial charge is 0.182 e. The topological polar surface area (TPSA) is 35.0 Å². The number of ether oxygens (including phenoxy) is 1. The van der Waals surface area contributed by atoms with Gasteiger partial charge in [0.2, 0.25) is 0 Å². The van der Waals surface area contributed by atoms with Crippen molar-refractivity contribution in [3.05, 3.63) is 40.3 Å². The fourth-order valence-electron chi connectivity index (χ4n) is 1.94. The molecule has 0 amide bonds. The van der Waals surface area contributed by atoms with Crippen LogP contribution in [0.3, 0.4) is 0 Å². The lowest BCUT2D eigenvalue weighted by molar-refractivity contribution is 0.413. The second kappa shape index (κ2) is 4.94. The van der Waals surface area contributed by atoms with Crippen molar-refractivity contribution in [3.63, 3.8) is 0 Å². The number of methoxy groups -OCH3 is 1. The number of nitrogens with zero attached hydrogens (tertiary/aromatic N) is 2. The molecule has 18 heavy (non-hydrogen) atoms. The van der Waals surface area contributed by atoms with Crippen molar-refractivity contribution in [3.8, 4) is 17.0 Å². The summed E-state index contributed by atoms with van der Waals surface area (Å²) in [6.45, 7) is 6.22. The van der Waals surface area contributed by atoms with Crippen LogP contribution in [0.2, 0.25) is 5.15 Å². The fourth-order valence-corrected chi connectivity index (χ4v) is 2.15. The Morgan fingerprint density at radius 2 is 1.67 bits per heavy atom. The molecule has 0 atom stereocenters. The zero-order valence-corrected chi connectivity index (χ0v) is 11.7. The molecule has 0 saturated carbocycles. The Morgan fingerprint density at radius 3 is 2.33 bits per heavy atom. The van der Waals surface area contributed by atoms with E-state index in [1.807, 2.05) is 0 Å². The fraction of sp³-hybridized carbons (Fsp3) is 0.286. The predicted molar refractivity (Wildman–Crippen MR) is 73.2 cm³/mol. The number of aromatic nitrogens is 2. The number of halogens is 1. The molecule has 0 N–H and O–H groups in total. The van der Waals surface area contributed by atoms with E-state index in [0.29, 0.717) is 10.9 Å². The summed E-state index contributed by atoms with van der Waals surface area (Å²) in [5.41, 5.74) is 5.38. The molecule has 3 nitrogen and oxygen atoms in total. The lowest BCUT2D eigenvalue weighted by Gasteiger charge is -2.12. The van der Waals surface area contributed by atoms with Gasteiger partial charge in [-0.1, -0.05) is 17.7 Å². The number of benzene rings is 1. The first-order valence-corrected chi connectivity index (χ1v) is 6.05. The predicted octanol–water partition coefficient (Wildman–Crippen LogP) is 3.73. The van der Waals surface area contributed by atoms with E-state index >= 15 is 0 Å². The van der Waals surface area contributed by atoms with E-state index in [0.717, 1.165) is 16.8 Å². The van der Waals surface area contributed by atoms with Gasteiger partial charge in [0.25, 0.3) is 0 Å². The molecule has 0 spiro atoms. The standard InChI is InChI=1S/C14H15ClN2O/c1-8-5-10(3)11(6-9(8)2)12-13(18-4)14(15)17-7-16-12/h5-7H,1-4H3. The van der Waals surface area contributed by atoms with Gasteiger partial charge in [-0.15, -0.1) is 0 Å². The molecule has 4 heteroatoms. The summed E-state index contributed by atoms with van der Waals surface area (Å²) >= 11 is 6.03. The molecule has 0 aliphatic carbocycles. The quantitative estimate of drug-likeness (QED) is 0.774. The number of rotatable bonds is 2. The van der Waals surface area contributed by atoms with Crippen LogP contribution in [-0.2, 0) is 0 Å². The van der Waals surface area contributed by atoms with Gasteiger partial charge >= 0.3 is 0 Å². The molecule has 0 saturated heterocycles. The molecule has 0 radical (unpaired) electrons. The van der Waals surface area contributed by atoms with E-state index in [2.05, 4.69) is 42.9 Å². The lowest BCUT2D eigenvalue weighted by atomic mass is 9.98. The van der Waals surface area contributed by atoms with Crippen molar-refractivity contribution >= 4 is 11.6 Å². The Hall–Kier alpha value is -1.61. The minimum atomic E-state index is 0.333. The highest BCUT2D eigenvalue weighted by Crippen LogP contribution is 2.35. The van der Waals surface area contributed by atoms with E-state index in [-0.39, 0.29) is 0 Å². The maximum atomic E-state index is 6.03. The van der Waals surface area contributed by atoms with E-state index in [9.17, 15) is 0 Å². The van der Waals surface area contributed by atoms with Gasteiger partial charge < -0.3 is 4.74 Å². The first kappa shape index (κ1) is 12.8.